The lowest BCUT2D eigenvalue weighted by Crippen LogP contribution is -2.40. The topological polar surface area (TPSA) is 53.4 Å². The van der Waals surface area contributed by atoms with E-state index in [0.717, 1.165) is 22.9 Å². The minimum atomic E-state index is -0.783. The summed E-state index contributed by atoms with van der Waals surface area (Å²) < 4.78 is 0. The van der Waals surface area contributed by atoms with Gasteiger partial charge in [0, 0.05) is 17.1 Å². The first-order valence-corrected chi connectivity index (χ1v) is 5.85. The van der Waals surface area contributed by atoms with Crippen molar-refractivity contribution in [3.63, 3.8) is 0 Å². The van der Waals surface area contributed by atoms with E-state index in [2.05, 4.69) is 4.98 Å². The molecule has 1 aromatic heterocycles. The lowest BCUT2D eigenvalue weighted by molar-refractivity contribution is -0.138. The number of thiazole rings is 1. The molecular formula is C10H14N2O2S. The zero-order valence-electron chi connectivity index (χ0n) is 8.80. The molecule has 0 aliphatic heterocycles. The van der Waals surface area contributed by atoms with Crippen LogP contribution in [0, 0.1) is 6.92 Å². The molecule has 2 rings (SSSR count). The van der Waals surface area contributed by atoms with Gasteiger partial charge < -0.3 is 10.0 Å². The Kier molecular flexibility index (Phi) is 2.65. The number of rotatable bonds is 4. The normalized spacial score (nSPS) is 17.5. The van der Waals surface area contributed by atoms with Crippen molar-refractivity contribution >= 4 is 22.4 Å². The van der Waals surface area contributed by atoms with Crippen molar-refractivity contribution in [2.24, 2.45) is 0 Å². The molecule has 15 heavy (non-hydrogen) atoms. The number of aliphatic carboxylic acids is 1. The van der Waals surface area contributed by atoms with Crippen LogP contribution in [-0.4, -0.2) is 28.1 Å². The number of carbonyl (C=O) groups is 1. The molecule has 1 aromatic rings. The van der Waals surface area contributed by atoms with E-state index in [-0.39, 0.29) is 0 Å². The third-order valence-corrected chi connectivity index (χ3v) is 3.47. The van der Waals surface area contributed by atoms with Gasteiger partial charge >= 0.3 is 5.97 Å². The van der Waals surface area contributed by atoms with E-state index in [1.807, 2.05) is 11.8 Å². The molecule has 5 heteroatoms. The highest BCUT2D eigenvalue weighted by Gasteiger charge is 2.36. The Hall–Kier alpha value is -1.10. The Balaban J connectivity index is 2.23. The molecule has 1 N–H and O–H groups in total. The van der Waals surface area contributed by atoms with Gasteiger partial charge in [-0.2, -0.15) is 0 Å². The molecule has 0 amide bonds. The van der Waals surface area contributed by atoms with Crippen LogP contribution < -0.4 is 4.90 Å². The van der Waals surface area contributed by atoms with Crippen molar-refractivity contribution in [3.8, 4) is 0 Å². The zero-order valence-corrected chi connectivity index (χ0v) is 9.62. The first-order chi connectivity index (χ1) is 7.09. The Morgan fingerprint density at radius 2 is 2.40 bits per heavy atom. The predicted octanol–water partition coefficient (Wildman–Crippen LogP) is 1.89. The summed E-state index contributed by atoms with van der Waals surface area (Å²) >= 11 is 1.56. The fraction of sp³-hybridized carbons (Fsp3) is 0.600. The van der Waals surface area contributed by atoms with E-state index < -0.39 is 12.0 Å². The molecule has 1 fully saturated rings. The molecule has 1 aliphatic rings. The molecule has 1 atom stereocenters. The minimum Gasteiger partial charge on any atom is -0.480 e. The highest BCUT2D eigenvalue weighted by molar-refractivity contribution is 7.15. The highest BCUT2D eigenvalue weighted by Crippen LogP contribution is 2.35. The van der Waals surface area contributed by atoms with Gasteiger partial charge in [0.25, 0.3) is 0 Å². The van der Waals surface area contributed by atoms with Crippen LogP contribution in [0.5, 0.6) is 0 Å². The number of hydrogen-bond acceptors (Lipinski definition) is 4. The minimum absolute atomic E-state index is 0.377. The van der Waals surface area contributed by atoms with Crippen LogP contribution in [0.3, 0.4) is 0 Å². The summed E-state index contributed by atoms with van der Waals surface area (Å²) in [7, 11) is 0. The average molecular weight is 226 g/mol. The van der Waals surface area contributed by atoms with Crippen molar-refractivity contribution in [2.75, 3.05) is 4.90 Å². The van der Waals surface area contributed by atoms with E-state index in [9.17, 15) is 4.79 Å². The smallest absolute Gasteiger partial charge is 0.326 e. The molecule has 0 spiro atoms. The van der Waals surface area contributed by atoms with E-state index in [1.54, 1.807) is 24.5 Å². The standard InChI is InChI=1S/C10H14N2O2S/c1-6-5-11-10(15-6)12(8-3-4-8)7(2)9(13)14/h5,7-8H,3-4H2,1-2H3,(H,13,14). The molecule has 0 radical (unpaired) electrons. The Morgan fingerprint density at radius 3 is 2.80 bits per heavy atom. The first kappa shape index (κ1) is 10.4. The fourth-order valence-electron chi connectivity index (χ4n) is 1.57. The highest BCUT2D eigenvalue weighted by atomic mass is 32.1. The van der Waals surface area contributed by atoms with Gasteiger partial charge in [-0.1, -0.05) is 0 Å². The van der Waals surface area contributed by atoms with Crippen molar-refractivity contribution in [1.82, 2.24) is 4.98 Å². The molecule has 0 bridgehead atoms. The summed E-state index contributed by atoms with van der Waals surface area (Å²) in [6, 6.07) is -0.107. The van der Waals surface area contributed by atoms with Crippen molar-refractivity contribution in [1.29, 1.82) is 0 Å². The summed E-state index contributed by atoms with van der Waals surface area (Å²) in [5.74, 6) is -0.783. The monoisotopic (exact) mass is 226 g/mol. The third kappa shape index (κ3) is 2.12. The van der Waals surface area contributed by atoms with Crippen molar-refractivity contribution in [2.45, 2.75) is 38.8 Å². The number of anilines is 1. The second-order valence-electron chi connectivity index (χ2n) is 3.91. The van der Waals surface area contributed by atoms with Crippen LogP contribution in [-0.2, 0) is 4.79 Å². The number of carboxylic acids is 1. The predicted molar refractivity (Wildman–Crippen MR) is 59.4 cm³/mol. The molecule has 1 heterocycles. The summed E-state index contributed by atoms with van der Waals surface area (Å²) in [5.41, 5.74) is 0. The second kappa shape index (κ2) is 3.81. The molecule has 0 saturated heterocycles. The van der Waals surface area contributed by atoms with Crippen LogP contribution in [0.25, 0.3) is 0 Å². The van der Waals surface area contributed by atoms with Crippen molar-refractivity contribution in [3.05, 3.63) is 11.1 Å². The van der Waals surface area contributed by atoms with Crippen LogP contribution in [0.2, 0.25) is 0 Å². The summed E-state index contributed by atoms with van der Waals surface area (Å²) in [6.45, 7) is 3.70. The fourth-order valence-corrected chi connectivity index (χ4v) is 2.48. The van der Waals surface area contributed by atoms with E-state index >= 15 is 0 Å². The first-order valence-electron chi connectivity index (χ1n) is 5.03. The van der Waals surface area contributed by atoms with Crippen LogP contribution in [0.1, 0.15) is 24.6 Å². The lowest BCUT2D eigenvalue weighted by Gasteiger charge is -2.25. The van der Waals surface area contributed by atoms with Gasteiger partial charge in [-0.3, -0.25) is 0 Å². The molecule has 0 aromatic carbocycles. The van der Waals surface area contributed by atoms with E-state index in [0.29, 0.717) is 6.04 Å². The summed E-state index contributed by atoms with van der Waals surface area (Å²) in [5, 5.41) is 9.87. The second-order valence-corrected chi connectivity index (χ2v) is 5.12. The number of nitrogens with zero attached hydrogens (tertiary/aromatic N) is 2. The Bertz CT molecular complexity index is 373. The van der Waals surface area contributed by atoms with Gasteiger partial charge in [-0.15, -0.1) is 11.3 Å². The molecule has 1 unspecified atom stereocenters. The van der Waals surface area contributed by atoms with Gasteiger partial charge in [-0.05, 0) is 26.7 Å². The number of aromatic nitrogens is 1. The zero-order chi connectivity index (χ0) is 11.0. The quantitative estimate of drug-likeness (QED) is 0.851. The molecule has 1 saturated carbocycles. The summed E-state index contributed by atoms with van der Waals surface area (Å²) in [4.78, 5) is 18.3. The number of aryl methyl sites for hydroxylation is 1. The maximum atomic E-state index is 11.0. The Labute approximate surface area is 92.6 Å². The molecule has 82 valence electrons. The molecule has 1 aliphatic carbocycles. The van der Waals surface area contributed by atoms with Gasteiger partial charge in [0.2, 0.25) is 0 Å². The van der Waals surface area contributed by atoms with Crippen LogP contribution >= 0.6 is 11.3 Å². The summed E-state index contributed by atoms with van der Waals surface area (Å²) in [6.07, 6.45) is 3.95. The lowest BCUT2D eigenvalue weighted by atomic mass is 10.3. The largest absolute Gasteiger partial charge is 0.480 e. The number of carboxylic acid groups (broad SMARTS) is 1. The maximum Gasteiger partial charge on any atom is 0.326 e. The molecule has 4 nitrogen and oxygen atoms in total. The van der Waals surface area contributed by atoms with Gasteiger partial charge in [-0.25, -0.2) is 9.78 Å². The SMILES string of the molecule is Cc1cnc(N(C2CC2)C(C)C(=O)O)s1. The van der Waals surface area contributed by atoms with Crippen molar-refractivity contribution < 1.29 is 9.90 Å². The van der Waals surface area contributed by atoms with Crippen LogP contribution in [0.4, 0.5) is 5.13 Å². The number of hydrogen-bond donors (Lipinski definition) is 1. The van der Waals surface area contributed by atoms with E-state index in [1.165, 1.54) is 0 Å². The average Bonchev–Trinajstić information content (AvgIpc) is 2.90. The molecular weight excluding hydrogens is 212 g/mol. The van der Waals surface area contributed by atoms with Gasteiger partial charge in [0.15, 0.2) is 5.13 Å². The van der Waals surface area contributed by atoms with Gasteiger partial charge in [0.1, 0.15) is 6.04 Å². The van der Waals surface area contributed by atoms with E-state index in [4.69, 9.17) is 5.11 Å². The third-order valence-electron chi connectivity index (χ3n) is 2.54. The Morgan fingerprint density at radius 1 is 1.73 bits per heavy atom. The van der Waals surface area contributed by atoms with Crippen LogP contribution in [0.15, 0.2) is 6.20 Å². The van der Waals surface area contributed by atoms with Gasteiger partial charge in [0.05, 0.1) is 0 Å². The maximum absolute atomic E-state index is 11.0.